The number of amides is 1. The van der Waals surface area contributed by atoms with Gasteiger partial charge in [0.2, 0.25) is 0 Å². The van der Waals surface area contributed by atoms with Crippen LogP contribution in [0.4, 0.5) is 4.39 Å². The lowest BCUT2D eigenvalue weighted by Crippen LogP contribution is -2.32. The van der Waals surface area contributed by atoms with Gasteiger partial charge in [-0.2, -0.15) is 0 Å². The van der Waals surface area contributed by atoms with Gasteiger partial charge in [-0.25, -0.2) is 4.39 Å². The molecule has 1 N–H and O–H groups in total. The van der Waals surface area contributed by atoms with Crippen molar-refractivity contribution < 1.29 is 13.6 Å². The van der Waals surface area contributed by atoms with Crippen LogP contribution in [0.5, 0.6) is 0 Å². The summed E-state index contributed by atoms with van der Waals surface area (Å²) in [7, 11) is 0. The molecule has 1 amide bonds. The Bertz CT molecular complexity index is 1570. The van der Waals surface area contributed by atoms with Crippen LogP contribution in [0.1, 0.15) is 33.5 Å². The monoisotopic (exact) mass is 494 g/mol. The zero-order valence-corrected chi connectivity index (χ0v) is 19.8. The standard InChI is InChI=1S/C26H20ClFN2O3S/c1-2-15-5-8-21-16(10-15)11-17(25(31)29-21)13-30(14-19-4-3-9-33-19)26(32)24-23(27)20-7-6-18(28)12-22(20)34-24/h3-12H,2,13-14H2,1H3,(H,29,31). The molecule has 0 atom stereocenters. The number of benzene rings is 2. The second kappa shape index (κ2) is 9.08. The van der Waals surface area contributed by atoms with E-state index in [2.05, 4.69) is 11.9 Å². The molecule has 5 aromatic rings. The average molecular weight is 495 g/mol. The number of furan rings is 1. The minimum absolute atomic E-state index is 0.0556. The van der Waals surface area contributed by atoms with Gasteiger partial charge in [-0.15, -0.1) is 11.3 Å². The van der Waals surface area contributed by atoms with Crippen molar-refractivity contribution in [2.45, 2.75) is 26.4 Å². The summed E-state index contributed by atoms with van der Waals surface area (Å²) in [5.74, 6) is -0.182. The van der Waals surface area contributed by atoms with Crippen LogP contribution in [0.3, 0.4) is 0 Å². The first-order valence-corrected chi connectivity index (χ1v) is 12.0. The molecule has 0 unspecified atom stereocenters. The second-order valence-electron chi connectivity index (χ2n) is 8.03. The largest absolute Gasteiger partial charge is 0.467 e. The van der Waals surface area contributed by atoms with E-state index in [9.17, 15) is 14.0 Å². The summed E-state index contributed by atoms with van der Waals surface area (Å²) in [4.78, 5) is 31.2. The number of carbonyl (C=O) groups is 1. The van der Waals surface area contributed by atoms with Crippen molar-refractivity contribution in [3.05, 3.63) is 104 Å². The highest BCUT2D eigenvalue weighted by atomic mass is 35.5. The fourth-order valence-corrected chi connectivity index (χ4v) is 5.46. The Hall–Kier alpha value is -3.42. The van der Waals surface area contributed by atoms with Gasteiger partial charge in [-0.05, 0) is 65.9 Å². The van der Waals surface area contributed by atoms with Crippen molar-refractivity contribution in [2.24, 2.45) is 0 Å². The average Bonchev–Trinajstić information content (AvgIpc) is 3.45. The molecule has 172 valence electrons. The minimum atomic E-state index is -0.397. The summed E-state index contributed by atoms with van der Waals surface area (Å²) >= 11 is 7.65. The van der Waals surface area contributed by atoms with E-state index in [1.807, 2.05) is 24.3 Å². The van der Waals surface area contributed by atoms with E-state index in [0.717, 1.165) is 34.2 Å². The van der Waals surface area contributed by atoms with Crippen LogP contribution in [-0.4, -0.2) is 15.8 Å². The molecule has 2 aromatic carbocycles. The Morgan fingerprint density at radius 1 is 1.15 bits per heavy atom. The van der Waals surface area contributed by atoms with Crippen LogP contribution in [-0.2, 0) is 19.5 Å². The number of nitrogens with one attached hydrogen (secondary N) is 1. The molecule has 5 rings (SSSR count). The van der Waals surface area contributed by atoms with Crippen molar-refractivity contribution in [3.8, 4) is 0 Å². The minimum Gasteiger partial charge on any atom is -0.467 e. The Morgan fingerprint density at radius 2 is 2.00 bits per heavy atom. The molecule has 0 fully saturated rings. The van der Waals surface area contributed by atoms with Crippen molar-refractivity contribution >= 4 is 49.8 Å². The maximum atomic E-state index is 13.7. The lowest BCUT2D eigenvalue weighted by Gasteiger charge is -2.21. The molecule has 0 saturated heterocycles. The van der Waals surface area contributed by atoms with E-state index in [0.29, 0.717) is 26.3 Å². The molecule has 0 bridgehead atoms. The van der Waals surface area contributed by atoms with Gasteiger partial charge in [-0.3, -0.25) is 9.59 Å². The van der Waals surface area contributed by atoms with Gasteiger partial charge in [0.1, 0.15) is 16.5 Å². The number of halogens is 2. The topological polar surface area (TPSA) is 66.3 Å². The Kier molecular flexibility index (Phi) is 5.98. The lowest BCUT2D eigenvalue weighted by atomic mass is 10.1. The van der Waals surface area contributed by atoms with Crippen LogP contribution in [0.15, 0.2) is 70.1 Å². The fraction of sp³-hybridized carbons (Fsp3) is 0.154. The number of pyridine rings is 1. The SMILES string of the molecule is CCc1ccc2[nH]c(=O)c(CN(Cc3ccco3)C(=O)c3sc4cc(F)ccc4c3Cl)cc2c1. The summed E-state index contributed by atoms with van der Waals surface area (Å²) in [5, 5.41) is 1.79. The van der Waals surface area contributed by atoms with Gasteiger partial charge in [0.25, 0.3) is 11.5 Å². The summed E-state index contributed by atoms with van der Waals surface area (Å²) < 4.78 is 19.8. The Balaban J connectivity index is 1.55. The number of fused-ring (bicyclic) bond motifs is 2. The number of aromatic amines is 1. The smallest absolute Gasteiger partial charge is 0.266 e. The Labute approximate surface area is 203 Å². The number of aryl methyl sites for hydroxylation is 1. The van der Waals surface area contributed by atoms with Gasteiger partial charge in [0.15, 0.2) is 0 Å². The molecular weight excluding hydrogens is 475 g/mol. The van der Waals surface area contributed by atoms with Crippen LogP contribution >= 0.6 is 22.9 Å². The van der Waals surface area contributed by atoms with Gasteiger partial charge in [0.05, 0.1) is 24.4 Å². The Morgan fingerprint density at radius 3 is 2.76 bits per heavy atom. The van der Waals surface area contributed by atoms with Gasteiger partial charge in [0, 0.05) is 21.2 Å². The molecule has 0 aliphatic carbocycles. The molecule has 34 heavy (non-hydrogen) atoms. The summed E-state index contributed by atoms with van der Waals surface area (Å²) in [6.07, 6.45) is 2.40. The van der Waals surface area contributed by atoms with Crippen molar-refractivity contribution in [1.82, 2.24) is 9.88 Å². The summed E-state index contributed by atoms with van der Waals surface area (Å²) in [6, 6.07) is 15.5. The summed E-state index contributed by atoms with van der Waals surface area (Å²) in [5.41, 5.74) is 2.07. The van der Waals surface area contributed by atoms with Gasteiger partial charge >= 0.3 is 0 Å². The first kappa shape index (κ1) is 22.4. The highest BCUT2D eigenvalue weighted by molar-refractivity contribution is 7.21. The van der Waals surface area contributed by atoms with E-state index in [4.69, 9.17) is 16.0 Å². The van der Waals surface area contributed by atoms with Gasteiger partial charge in [-0.1, -0.05) is 24.6 Å². The fourth-order valence-electron chi connectivity index (χ4n) is 3.95. The van der Waals surface area contributed by atoms with Crippen LogP contribution < -0.4 is 5.56 Å². The number of thiophene rings is 1. The number of carbonyl (C=O) groups excluding carboxylic acids is 1. The van der Waals surface area contributed by atoms with Crippen LogP contribution in [0.25, 0.3) is 21.0 Å². The molecule has 0 aliphatic heterocycles. The van der Waals surface area contributed by atoms with Crippen molar-refractivity contribution in [3.63, 3.8) is 0 Å². The number of hydrogen-bond acceptors (Lipinski definition) is 4. The number of H-pyrrole nitrogens is 1. The lowest BCUT2D eigenvalue weighted by molar-refractivity contribution is 0.0722. The van der Waals surface area contributed by atoms with E-state index in [-0.39, 0.29) is 29.6 Å². The predicted molar refractivity (Wildman–Crippen MR) is 133 cm³/mol. The third-order valence-corrected chi connectivity index (χ3v) is 7.40. The van der Waals surface area contributed by atoms with Crippen LogP contribution in [0, 0.1) is 5.82 Å². The van der Waals surface area contributed by atoms with Crippen molar-refractivity contribution in [2.75, 3.05) is 0 Å². The maximum absolute atomic E-state index is 13.7. The molecule has 0 aliphatic rings. The van der Waals surface area contributed by atoms with E-state index in [1.165, 1.54) is 23.3 Å². The molecule has 5 nitrogen and oxygen atoms in total. The third kappa shape index (κ3) is 4.24. The summed E-state index contributed by atoms with van der Waals surface area (Å²) in [6.45, 7) is 2.27. The van der Waals surface area contributed by atoms with E-state index in [1.54, 1.807) is 18.2 Å². The van der Waals surface area contributed by atoms with Gasteiger partial charge < -0.3 is 14.3 Å². The second-order valence-corrected chi connectivity index (χ2v) is 9.46. The number of hydrogen-bond donors (Lipinski definition) is 1. The van der Waals surface area contributed by atoms with E-state index >= 15 is 0 Å². The molecule has 3 heterocycles. The molecular formula is C26H20ClFN2O3S. The predicted octanol–water partition coefficient (Wildman–Crippen LogP) is 6.53. The van der Waals surface area contributed by atoms with Crippen molar-refractivity contribution in [1.29, 1.82) is 0 Å². The number of nitrogens with zero attached hydrogens (tertiary/aromatic N) is 1. The quantitative estimate of drug-likeness (QED) is 0.291. The van der Waals surface area contributed by atoms with Crippen LogP contribution in [0.2, 0.25) is 5.02 Å². The molecule has 3 aromatic heterocycles. The number of aromatic nitrogens is 1. The normalized spacial score (nSPS) is 11.4. The highest BCUT2D eigenvalue weighted by Crippen LogP contribution is 2.37. The number of rotatable bonds is 6. The zero-order chi connectivity index (χ0) is 23.8. The molecule has 0 radical (unpaired) electrons. The van der Waals surface area contributed by atoms with E-state index < -0.39 is 5.82 Å². The first-order valence-electron chi connectivity index (χ1n) is 10.8. The highest BCUT2D eigenvalue weighted by Gasteiger charge is 2.25. The molecule has 8 heteroatoms. The molecule has 0 saturated carbocycles. The molecule has 0 spiro atoms. The maximum Gasteiger partial charge on any atom is 0.266 e. The first-order chi connectivity index (χ1) is 16.4. The zero-order valence-electron chi connectivity index (χ0n) is 18.2. The third-order valence-electron chi connectivity index (χ3n) is 5.75.